The molecule has 5 nitrogen and oxygen atoms in total. The second kappa shape index (κ2) is 5.67. The van der Waals surface area contributed by atoms with Crippen LogP contribution in [-0.4, -0.2) is 15.7 Å². The molecule has 1 aliphatic rings. The van der Waals surface area contributed by atoms with Crippen molar-refractivity contribution in [3.8, 4) is 0 Å². The van der Waals surface area contributed by atoms with Crippen molar-refractivity contribution in [2.45, 2.75) is 25.3 Å². The third-order valence-electron chi connectivity index (χ3n) is 3.38. The van der Waals surface area contributed by atoms with Crippen molar-refractivity contribution in [1.29, 1.82) is 0 Å². The summed E-state index contributed by atoms with van der Waals surface area (Å²) in [6.07, 6.45) is 2.04. The van der Waals surface area contributed by atoms with E-state index in [9.17, 15) is 18.4 Å². The van der Waals surface area contributed by atoms with E-state index in [1.807, 2.05) is 0 Å². The number of amides is 1. The highest BCUT2D eigenvalue weighted by atomic mass is 19.1. The molecular formula is C15H13F2N3O2. The van der Waals surface area contributed by atoms with Crippen LogP contribution in [0.3, 0.4) is 0 Å². The van der Waals surface area contributed by atoms with Crippen LogP contribution in [0.25, 0.3) is 0 Å². The first kappa shape index (κ1) is 14.4. The highest BCUT2D eigenvalue weighted by Crippen LogP contribution is 2.38. The molecule has 0 bridgehead atoms. The summed E-state index contributed by atoms with van der Waals surface area (Å²) in [5.41, 5.74) is 0.0833. The van der Waals surface area contributed by atoms with E-state index in [2.05, 4.69) is 10.4 Å². The smallest absolute Gasteiger partial charge is 0.267 e. The lowest BCUT2D eigenvalue weighted by atomic mass is 10.3. The maximum absolute atomic E-state index is 13.5. The Morgan fingerprint density at radius 1 is 1.27 bits per heavy atom. The summed E-state index contributed by atoms with van der Waals surface area (Å²) in [6, 6.07) is 5.76. The summed E-state index contributed by atoms with van der Waals surface area (Å²) in [5, 5.41) is 6.37. The van der Waals surface area contributed by atoms with Gasteiger partial charge in [0.25, 0.3) is 5.56 Å². The Kier molecular flexibility index (Phi) is 3.70. The molecule has 0 radical (unpaired) electrons. The van der Waals surface area contributed by atoms with Gasteiger partial charge >= 0.3 is 0 Å². The minimum absolute atomic E-state index is 0.267. The number of nitrogens with one attached hydrogen (secondary N) is 1. The molecule has 1 saturated carbocycles. The van der Waals surface area contributed by atoms with Gasteiger partial charge in [0.1, 0.15) is 18.2 Å². The second-order valence-electron chi connectivity index (χ2n) is 5.20. The van der Waals surface area contributed by atoms with E-state index < -0.39 is 23.1 Å². The first-order chi connectivity index (χ1) is 10.5. The van der Waals surface area contributed by atoms with Crippen LogP contribution in [0.4, 0.5) is 14.5 Å². The van der Waals surface area contributed by atoms with Gasteiger partial charge in [-0.3, -0.25) is 9.59 Å². The number of benzene rings is 1. The van der Waals surface area contributed by atoms with Crippen molar-refractivity contribution in [2.24, 2.45) is 0 Å². The number of carbonyl (C=O) groups is 1. The van der Waals surface area contributed by atoms with Gasteiger partial charge in [-0.1, -0.05) is 0 Å². The quantitative estimate of drug-likeness (QED) is 0.940. The van der Waals surface area contributed by atoms with E-state index in [0.717, 1.165) is 41.4 Å². The molecule has 1 aliphatic carbocycles. The van der Waals surface area contributed by atoms with E-state index in [0.29, 0.717) is 5.92 Å². The minimum atomic E-state index is -0.748. The number of hydrogen-bond donors (Lipinski definition) is 1. The number of halogens is 2. The Labute approximate surface area is 124 Å². The van der Waals surface area contributed by atoms with Crippen LogP contribution in [0.2, 0.25) is 0 Å². The van der Waals surface area contributed by atoms with Gasteiger partial charge in [0, 0.05) is 18.1 Å². The zero-order valence-corrected chi connectivity index (χ0v) is 11.6. The van der Waals surface area contributed by atoms with Gasteiger partial charge < -0.3 is 5.32 Å². The van der Waals surface area contributed by atoms with Crippen molar-refractivity contribution in [2.75, 3.05) is 5.32 Å². The molecule has 0 saturated heterocycles. The van der Waals surface area contributed by atoms with E-state index in [4.69, 9.17) is 0 Å². The Morgan fingerprint density at radius 3 is 2.77 bits per heavy atom. The van der Waals surface area contributed by atoms with Crippen molar-refractivity contribution in [3.63, 3.8) is 0 Å². The van der Waals surface area contributed by atoms with Crippen molar-refractivity contribution in [1.82, 2.24) is 9.78 Å². The van der Waals surface area contributed by atoms with E-state index in [1.54, 1.807) is 6.07 Å². The molecule has 3 rings (SSSR count). The predicted octanol–water partition coefficient (Wildman–Crippen LogP) is 2.04. The standard InChI is InChI=1S/C15H13F2N3O2/c16-10-3-4-11(17)13(7-10)18-14(21)8-20-15(22)6-5-12(19-20)9-1-2-9/h3-7,9H,1-2,8H2,(H,18,21). The Balaban J connectivity index is 1.75. The van der Waals surface area contributed by atoms with Gasteiger partial charge in [0.2, 0.25) is 5.91 Å². The monoisotopic (exact) mass is 305 g/mol. The first-order valence-corrected chi connectivity index (χ1v) is 6.86. The van der Waals surface area contributed by atoms with Crippen LogP contribution >= 0.6 is 0 Å². The van der Waals surface area contributed by atoms with E-state index >= 15 is 0 Å². The lowest BCUT2D eigenvalue weighted by molar-refractivity contribution is -0.117. The van der Waals surface area contributed by atoms with Crippen molar-refractivity contribution < 1.29 is 13.6 Å². The normalized spacial score (nSPS) is 13.9. The van der Waals surface area contributed by atoms with Gasteiger partial charge in [-0.25, -0.2) is 13.5 Å². The lowest BCUT2D eigenvalue weighted by Crippen LogP contribution is -2.30. The van der Waals surface area contributed by atoms with E-state index in [-0.39, 0.29) is 12.2 Å². The summed E-state index contributed by atoms with van der Waals surface area (Å²) >= 11 is 0. The largest absolute Gasteiger partial charge is 0.322 e. The highest BCUT2D eigenvalue weighted by Gasteiger charge is 2.25. The Bertz CT molecular complexity index is 785. The number of aromatic nitrogens is 2. The molecule has 0 unspecified atom stereocenters. The number of carbonyl (C=O) groups excluding carboxylic acids is 1. The van der Waals surface area contributed by atoms with Crippen LogP contribution in [-0.2, 0) is 11.3 Å². The molecule has 0 atom stereocenters. The Hall–Kier alpha value is -2.57. The lowest BCUT2D eigenvalue weighted by Gasteiger charge is -2.08. The molecule has 1 amide bonds. The van der Waals surface area contributed by atoms with Crippen LogP contribution in [0.1, 0.15) is 24.5 Å². The number of nitrogens with zero attached hydrogens (tertiary/aromatic N) is 2. The van der Waals surface area contributed by atoms with Gasteiger partial charge in [-0.2, -0.15) is 5.10 Å². The Morgan fingerprint density at radius 2 is 2.05 bits per heavy atom. The zero-order chi connectivity index (χ0) is 15.7. The molecule has 1 aromatic carbocycles. The molecule has 0 spiro atoms. The zero-order valence-electron chi connectivity index (χ0n) is 11.6. The fraction of sp³-hybridized carbons (Fsp3) is 0.267. The van der Waals surface area contributed by atoms with Crippen LogP contribution in [0.15, 0.2) is 35.1 Å². The first-order valence-electron chi connectivity index (χ1n) is 6.86. The fourth-order valence-electron chi connectivity index (χ4n) is 2.09. The van der Waals surface area contributed by atoms with E-state index in [1.165, 1.54) is 6.07 Å². The molecule has 114 valence electrons. The molecule has 2 aromatic rings. The van der Waals surface area contributed by atoms with Gasteiger partial charge in [-0.15, -0.1) is 0 Å². The van der Waals surface area contributed by atoms with Gasteiger partial charge in [0.15, 0.2) is 0 Å². The topological polar surface area (TPSA) is 64.0 Å². The van der Waals surface area contributed by atoms with Crippen LogP contribution < -0.4 is 10.9 Å². The van der Waals surface area contributed by atoms with Gasteiger partial charge in [0.05, 0.1) is 11.4 Å². The summed E-state index contributed by atoms with van der Waals surface area (Å²) < 4.78 is 27.5. The summed E-state index contributed by atoms with van der Waals surface area (Å²) in [7, 11) is 0. The predicted molar refractivity (Wildman–Crippen MR) is 75.5 cm³/mol. The van der Waals surface area contributed by atoms with Gasteiger partial charge in [-0.05, 0) is 31.0 Å². The minimum Gasteiger partial charge on any atom is -0.322 e. The molecule has 1 heterocycles. The maximum atomic E-state index is 13.5. The molecule has 7 heteroatoms. The third kappa shape index (κ3) is 3.19. The van der Waals surface area contributed by atoms with Crippen molar-refractivity contribution >= 4 is 11.6 Å². The molecule has 1 aromatic heterocycles. The molecule has 0 aliphatic heterocycles. The third-order valence-corrected chi connectivity index (χ3v) is 3.38. The summed E-state index contributed by atoms with van der Waals surface area (Å²) in [6.45, 7) is -0.352. The number of rotatable bonds is 4. The van der Waals surface area contributed by atoms with Crippen LogP contribution in [0, 0.1) is 11.6 Å². The SMILES string of the molecule is O=C(Cn1nc(C2CC2)ccc1=O)Nc1cc(F)ccc1F. The maximum Gasteiger partial charge on any atom is 0.267 e. The fourth-order valence-corrected chi connectivity index (χ4v) is 2.09. The number of anilines is 1. The molecule has 1 fully saturated rings. The second-order valence-corrected chi connectivity index (χ2v) is 5.20. The molecular weight excluding hydrogens is 292 g/mol. The van der Waals surface area contributed by atoms with Crippen molar-refractivity contribution in [3.05, 3.63) is 58.0 Å². The molecule has 22 heavy (non-hydrogen) atoms. The average molecular weight is 305 g/mol. The summed E-state index contributed by atoms with van der Waals surface area (Å²) in [4.78, 5) is 23.6. The molecule has 1 N–H and O–H groups in total. The number of hydrogen-bond acceptors (Lipinski definition) is 3. The van der Waals surface area contributed by atoms with Crippen LogP contribution in [0.5, 0.6) is 0 Å². The summed E-state index contributed by atoms with van der Waals surface area (Å²) in [5.74, 6) is -1.72. The highest BCUT2D eigenvalue weighted by molar-refractivity contribution is 5.90. The average Bonchev–Trinajstić information content (AvgIpc) is 3.30.